The van der Waals surface area contributed by atoms with Crippen molar-refractivity contribution in [2.75, 3.05) is 26.5 Å². The van der Waals surface area contributed by atoms with Gasteiger partial charge in [-0.25, -0.2) is 0 Å². The molecular formula is C6H13NO2. The summed E-state index contributed by atoms with van der Waals surface area (Å²) in [6.07, 6.45) is 0.267. The van der Waals surface area contributed by atoms with Crippen LogP contribution in [0.3, 0.4) is 0 Å². The molecule has 1 aliphatic heterocycles. The molecule has 1 unspecified atom stereocenters. The van der Waals surface area contributed by atoms with Gasteiger partial charge < -0.3 is 9.47 Å². The monoisotopic (exact) mass is 131 g/mol. The predicted molar refractivity (Wildman–Crippen MR) is 34.2 cm³/mol. The fourth-order valence-electron chi connectivity index (χ4n) is 0.884. The van der Waals surface area contributed by atoms with Gasteiger partial charge in [-0.2, -0.15) is 0 Å². The summed E-state index contributed by atoms with van der Waals surface area (Å²) in [5.41, 5.74) is 0. The van der Waals surface area contributed by atoms with E-state index in [4.69, 9.17) is 9.47 Å². The van der Waals surface area contributed by atoms with E-state index in [-0.39, 0.29) is 6.10 Å². The maximum absolute atomic E-state index is 5.30. The van der Waals surface area contributed by atoms with E-state index in [1.54, 1.807) is 0 Å². The van der Waals surface area contributed by atoms with Crippen LogP contribution < -0.4 is 5.32 Å². The summed E-state index contributed by atoms with van der Waals surface area (Å²) >= 11 is 0. The maximum Gasteiger partial charge on any atom is 0.0967 e. The molecule has 0 bridgehead atoms. The van der Waals surface area contributed by atoms with E-state index in [1.165, 1.54) is 0 Å². The number of rotatable bonds is 2. The van der Waals surface area contributed by atoms with Crippen LogP contribution in [-0.4, -0.2) is 32.6 Å². The summed E-state index contributed by atoms with van der Waals surface area (Å²) in [6, 6.07) is 0. The first-order chi connectivity index (χ1) is 4.43. The molecule has 1 fully saturated rings. The molecule has 0 aliphatic carbocycles. The Balaban J connectivity index is 2.08. The van der Waals surface area contributed by atoms with Gasteiger partial charge in [0.05, 0.1) is 19.4 Å². The molecule has 0 aromatic heterocycles. The molecule has 1 heterocycles. The molecule has 0 radical (unpaired) electrons. The molecule has 0 aromatic rings. The molecular weight excluding hydrogens is 118 g/mol. The Bertz CT molecular complexity index is 68.7. The Morgan fingerprint density at radius 1 is 1.78 bits per heavy atom. The molecule has 1 atom stereocenters. The average molecular weight is 131 g/mol. The summed E-state index contributed by atoms with van der Waals surface area (Å²) in [6.45, 7) is 5.10. The normalized spacial score (nSPS) is 28.3. The molecule has 0 aromatic carbocycles. The highest BCUT2D eigenvalue weighted by Crippen LogP contribution is 1.95. The quantitative estimate of drug-likeness (QED) is 0.571. The van der Waals surface area contributed by atoms with Crippen LogP contribution in [0, 0.1) is 0 Å². The zero-order valence-corrected chi connectivity index (χ0v) is 5.72. The minimum absolute atomic E-state index is 0.267. The summed E-state index contributed by atoms with van der Waals surface area (Å²) < 4.78 is 10.4. The van der Waals surface area contributed by atoms with Crippen molar-refractivity contribution >= 4 is 0 Å². The van der Waals surface area contributed by atoms with Crippen LogP contribution in [0.5, 0.6) is 0 Å². The van der Waals surface area contributed by atoms with Crippen LogP contribution in [0.4, 0.5) is 0 Å². The molecule has 0 saturated carbocycles. The highest BCUT2D eigenvalue weighted by Gasteiger charge is 2.11. The first-order valence-corrected chi connectivity index (χ1v) is 3.33. The van der Waals surface area contributed by atoms with E-state index in [0.29, 0.717) is 6.73 Å². The molecule has 1 rings (SSSR count). The van der Waals surface area contributed by atoms with Crippen molar-refractivity contribution < 1.29 is 9.47 Å². The number of nitrogens with one attached hydrogen (secondary N) is 1. The van der Waals surface area contributed by atoms with Crippen molar-refractivity contribution in [3.63, 3.8) is 0 Å². The van der Waals surface area contributed by atoms with Crippen molar-refractivity contribution in [2.45, 2.75) is 13.0 Å². The van der Waals surface area contributed by atoms with Crippen LogP contribution in [0.15, 0.2) is 0 Å². The Morgan fingerprint density at radius 2 is 2.67 bits per heavy atom. The van der Waals surface area contributed by atoms with E-state index < -0.39 is 0 Å². The van der Waals surface area contributed by atoms with Crippen molar-refractivity contribution in [1.82, 2.24) is 5.32 Å². The predicted octanol–water partition coefficient (Wildman–Crippen LogP) is -0.0312. The van der Waals surface area contributed by atoms with Crippen LogP contribution in [0.1, 0.15) is 6.92 Å². The van der Waals surface area contributed by atoms with Gasteiger partial charge in [0.2, 0.25) is 0 Å². The highest BCUT2D eigenvalue weighted by molar-refractivity contribution is 4.62. The van der Waals surface area contributed by atoms with Crippen LogP contribution in [0.25, 0.3) is 0 Å². The second kappa shape index (κ2) is 3.82. The summed E-state index contributed by atoms with van der Waals surface area (Å²) in [4.78, 5) is 0. The Hall–Kier alpha value is -0.120. The molecule has 54 valence electrons. The third kappa shape index (κ3) is 2.30. The number of hydrogen-bond acceptors (Lipinski definition) is 3. The van der Waals surface area contributed by atoms with E-state index >= 15 is 0 Å². The average Bonchev–Trinajstić information content (AvgIpc) is 1.91. The molecule has 3 heteroatoms. The lowest BCUT2D eigenvalue weighted by molar-refractivity contribution is -0.0465. The SMILES string of the molecule is CCOC1CNCOC1. The summed E-state index contributed by atoms with van der Waals surface area (Å²) in [5.74, 6) is 0. The molecule has 3 nitrogen and oxygen atoms in total. The zero-order chi connectivity index (χ0) is 6.53. The summed E-state index contributed by atoms with van der Waals surface area (Å²) in [7, 11) is 0. The molecule has 1 saturated heterocycles. The van der Waals surface area contributed by atoms with Gasteiger partial charge in [-0.05, 0) is 6.92 Å². The second-order valence-corrected chi connectivity index (χ2v) is 2.05. The first-order valence-electron chi connectivity index (χ1n) is 3.33. The van der Waals surface area contributed by atoms with Gasteiger partial charge in [0.25, 0.3) is 0 Å². The van der Waals surface area contributed by atoms with Crippen LogP contribution in [-0.2, 0) is 9.47 Å². The summed E-state index contributed by atoms with van der Waals surface area (Å²) in [5, 5.41) is 3.07. The van der Waals surface area contributed by atoms with Gasteiger partial charge >= 0.3 is 0 Å². The van der Waals surface area contributed by atoms with Gasteiger partial charge in [0, 0.05) is 13.2 Å². The lowest BCUT2D eigenvalue weighted by Gasteiger charge is -2.22. The van der Waals surface area contributed by atoms with Gasteiger partial charge in [-0.3, -0.25) is 5.32 Å². The Labute approximate surface area is 55.3 Å². The van der Waals surface area contributed by atoms with E-state index in [9.17, 15) is 0 Å². The Kier molecular flexibility index (Phi) is 2.97. The second-order valence-electron chi connectivity index (χ2n) is 2.05. The van der Waals surface area contributed by atoms with E-state index in [0.717, 1.165) is 19.8 Å². The van der Waals surface area contributed by atoms with E-state index in [2.05, 4.69) is 5.32 Å². The fourth-order valence-corrected chi connectivity index (χ4v) is 0.884. The van der Waals surface area contributed by atoms with Crippen LogP contribution in [0.2, 0.25) is 0 Å². The lowest BCUT2D eigenvalue weighted by atomic mass is 10.3. The highest BCUT2D eigenvalue weighted by atomic mass is 16.5. The first kappa shape index (κ1) is 6.99. The third-order valence-corrected chi connectivity index (χ3v) is 1.28. The minimum Gasteiger partial charge on any atom is -0.375 e. The molecule has 0 amide bonds. The van der Waals surface area contributed by atoms with Crippen LogP contribution >= 0.6 is 0 Å². The fraction of sp³-hybridized carbons (Fsp3) is 1.00. The van der Waals surface area contributed by atoms with Gasteiger partial charge in [0.1, 0.15) is 0 Å². The smallest absolute Gasteiger partial charge is 0.0967 e. The zero-order valence-electron chi connectivity index (χ0n) is 5.72. The number of ether oxygens (including phenoxy) is 2. The van der Waals surface area contributed by atoms with Crippen molar-refractivity contribution in [2.24, 2.45) is 0 Å². The van der Waals surface area contributed by atoms with Gasteiger partial charge in [-0.15, -0.1) is 0 Å². The minimum atomic E-state index is 0.267. The largest absolute Gasteiger partial charge is 0.375 e. The van der Waals surface area contributed by atoms with E-state index in [1.807, 2.05) is 6.92 Å². The molecule has 1 aliphatic rings. The molecule has 0 spiro atoms. The maximum atomic E-state index is 5.30. The standard InChI is InChI=1S/C6H13NO2/c1-2-9-6-3-7-5-8-4-6/h6-7H,2-5H2,1H3. The van der Waals surface area contributed by atoms with Crippen molar-refractivity contribution in [3.05, 3.63) is 0 Å². The topological polar surface area (TPSA) is 30.5 Å². The molecule has 9 heavy (non-hydrogen) atoms. The molecule has 1 N–H and O–H groups in total. The van der Waals surface area contributed by atoms with Crippen molar-refractivity contribution in [3.8, 4) is 0 Å². The number of hydrogen-bond donors (Lipinski definition) is 1. The third-order valence-electron chi connectivity index (χ3n) is 1.28. The lowest BCUT2D eigenvalue weighted by Crippen LogP contribution is -2.40. The van der Waals surface area contributed by atoms with Crippen molar-refractivity contribution in [1.29, 1.82) is 0 Å². The van der Waals surface area contributed by atoms with Gasteiger partial charge in [-0.1, -0.05) is 0 Å². The Morgan fingerprint density at radius 3 is 3.22 bits per heavy atom. The van der Waals surface area contributed by atoms with Gasteiger partial charge in [0.15, 0.2) is 0 Å².